The summed E-state index contributed by atoms with van der Waals surface area (Å²) in [5.74, 6) is 1.62. The van der Waals surface area contributed by atoms with Crippen molar-refractivity contribution >= 4 is 17.7 Å². The molecule has 0 saturated carbocycles. The van der Waals surface area contributed by atoms with Crippen molar-refractivity contribution in [3.63, 3.8) is 0 Å². The number of furan rings is 1. The Bertz CT molecular complexity index is 647. The number of methoxy groups -OCH3 is 1. The summed E-state index contributed by atoms with van der Waals surface area (Å²) in [7, 11) is 1.58. The summed E-state index contributed by atoms with van der Waals surface area (Å²) in [6.07, 6.45) is 6.57. The highest BCUT2D eigenvalue weighted by Crippen LogP contribution is 2.29. The molecule has 0 spiro atoms. The fourth-order valence-corrected chi connectivity index (χ4v) is 1.90. The van der Waals surface area contributed by atoms with E-state index < -0.39 is 0 Å². The zero-order valence-electron chi connectivity index (χ0n) is 13.4. The second-order valence-corrected chi connectivity index (χ2v) is 4.90. The van der Waals surface area contributed by atoms with Gasteiger partial charge in [-0.05, 0) is 36.8 Å². The highest BCUT2D eigenvalue weighted by Gasteiger charge is 2.08. The van der Waals surface area contributed by atoms with Crippen LogP contribution >= 0.6 is 0 Å². The van der Waals surface area contributed by atoms with Gasteiger partial charge in [-0.2, -0.15) is 0 Å². The first kappa shape index (κ1) is 16.7. The molecule has 1 aromatic heterocycles. The van der Waals surface area contributed by atoms with Gasteiger partial charge in [0.2, 0.25) is 5.91 Å². The average Bonchev–Trinajstić information content (AvgIpc) is 3.08. The molecular weight excluding hydrogens is 294 g/mol. The predicted octanol–water partition coefficient (Wildman–Crippen LogP) is 4.12. The second-order valence-electron chi connectivity index (χ2n) is 4.90. The molecule has 23 heavy (non-hydrogen) atoms. The van der Waals surface area contributed by atoms with Gasteiger partial charge in [-0.15, -0.1) is 0 Å². The van der Waals surface area contributed by atoms with Crippen molar-refractivity contribution in [1.82, 2.24) is 0 Å². The van der Waals surface area contributed by atoms with E-state index in [9.17, 15) is 4.79 Å². The van der Waals surface area contributed by atoms with E-state index in [4.69, 9.17) is 13.9 Å². The largest absolute Gasteiger partial charge is 0.497 e. The van der Waals surface area contributed by atoms with E-state index in [0.29, 0.717) is 29.6 Å². The van der Waals surface area contributed by atoms with Crippen LogP contribution in [0.1, 0.15) is 25.5 Å². The van der Waals surface area contributed by atoms with Gasteiger partial charge in [-0.1, -0.05) is 13.3 Å². The van der Waals surface area contributed by atoms with Crippen LogP contribution in [0, 0.1) is 0 Å². The van der Waals surface area contributed by atoms with E-state index in [-0.39, 0.29) is 5.91 Å². The van der Waals surface area contributed by atoms with Crippen molar-refractivity contribution in [2.24, 2.45) is 0 Å². The molecule has 5 heteroatoms. The highest BCUT2D eigenvalue weighted by molar-refractivity contribution is 6.02. The Morgan fingerprint density at radius 1 is 1.35 bits per heavy atom. The quantitative estimate of drug-likeness (QED) is 0.588. The Labute approximate surface area is 135 Å². The number of hydrogen-bond acceptors (Lipinski definition) is 4. The first-order valence-corrected chi connectivity index (χ1v) is 7.56. The van der Waals surface area contributed by atoms with Crippen molar-refractivity contribution in [2.45, 2.75) is 19.8 Å². The van der Waals surface area contributed by atoms with E-state index in [0.717, 1.165) is 12.8 Å². The molecule has 1 aromatic carbocycles. The summed E-state index contributed by atoms with van der Waals surface area (Å²) in [4.78, 5) is 12.1. The molecule has 0 fully saturated rings. The Balaban J connectivity index is 2.07. The normalized spacial score (nSPS) is 10.7. The predicted molar refractivity (Wildman–Crippen MR) is 89.8 cm³/mol. The molecular formula is C18H21NO4. The van der Waals surface area contributed by atoms with Gasteiger partial charge >= 0.3 is 0 Å². The third kappa shape index (κ3) is 5.21. The number of benzene rings is 1. The number of carbonyl (C=O) groups excluding carboxylic acids is 1. The molecule has 1 amide bonds. The molecule has 0 bridgehead atoms. The molecule has 0 radical (unpaired) electrons. The number of ether oxygens (including phenoxy) is 2. The van der Waals surface area contributed by atoms with Crippen LogP contribution in [0.4, 0.5) is 5.69 Å². The van der Waals surface area contributed by atoms with Crippen LogP contribution in [0.25, 0.3) is 6.08 Å². The first-order chi connectivity index (χ1) is 11.2. The maximum atomic E-state index is 12.1. The minimum Gasteiger partial charge on any atom is -0.497 e. The summed E-state index contributed by atoms with van der Waals surface area (Å²) in [5.41, 5.74) is 0.578. The smallest absolute Gasteiger partial charge is 0.248 e. The fourth-order valence-electron chi connectivity index (χ4n) is 1.90. The van der Waals surface area contributed by atoms with Gasteiger partial charge in [0.1, 0.15) is 17.3 Å². The van der Waals surface area contributed by atoms with Crippen molar-refractivity contribution < 1.29 is 18.7 Å². The second kappa shape index (κ2) is 8.68. The average molecular weight is 315 g/mol. The number of unbranched alkanes of at least 4 members (excludes halogenated alkanes) is 1. The van der Waals surface area contributed by atoms with Crippen LogP contribution in [0.15, 0.2) is 47.1 Å². The van der Waals surface area contributed by atoms with Crippen LogP contribution in [0.3, 0.4) is 0 Å². The van der Waals surface area contributed by atoms with Crippen molar-refractivity contribution in [1.29, 1.82) is 0 Å². The zero-order valence-corrected chi connectivity index (χ0v) is 13.4. The van der Waals surface area contributed by atoms with Crippen molar-refractivity contribution in [2.75, 3.05) is 19.0 Å². The number of anilines is 1. The van der Waals surface area contributed by atoms with E-state index in [1.807, 2.05) is 0 Å². The van der Waals surface area contributed by atoms with Crippen molar-refractivity contribution in [3.05, 3.63) is 48.4 Å². The van der Waals surface area contributed by atoms with E-state index in [1.54, 1.807) is 49.8 Å². The molecule has 5 nitrogen and oxygen atoms in total. The van der Waals surface area contributed by atoms with E-state index in [2.05, 4.69) is 12.2 Å². The van der Waals surface area contributed by atoms with Crippen LogP contribution in [0.5, 0.6) is 11.5 Å². The topological polar surface area (TPSA) is 60.7 Å². The number of rotatable bonds is 8. The monoisotopic (exact) mass is 315 g/mol. The maximum absolute atomic E-state index is 12.1. The first-order valence-electron chi connectivity index (χ1n) is 7.56. The van der Waals surface area contributed by atoms with E-state index >= 15 is 0 Å². The Morgan fingerprint density at radius 3 is 2.91 bits per heavy atom. The summed E-state index contributed by atoms with van der Waals surface area (Å²) >= 11 is 0. The molecule has 0 saturated heterocycles. The maximum Gasteiger partial charge on any atom is 0.248 e. The number of nitrogens with one attached hydrogen (secondary N) is 1. The molecule has 1 N–H and O–H groups in total. The minimum absolute atomic E-state index is 0.269. The van der Waals surface area contributed by atoms with Gasteiger partial charge in [-0.3, -0.25) is 4.79 Å². The Morgan fingerprint density at radius 2 is 2.22 bits per heavy atom. The van der Waals surface area contributed by atoms with E-state index in [1.165, 1.54) is 6.08 Å². The molecule has 1 heterocycles. The van der Waals surface area contributed by atoms with Crippen LogP contribution in [-0.4, -0.2) is 19.6 Å². The zero-order chi connectivity index (χ0) is 16.5. The molecule has 0 aliphatic heterocycles. The molecule has 0 unspecified atom stereocenters. The summed E-state index contributed by atoms with van der Waals surface area (Å²) in [6.45, 7) is 2.70. The van der Waals surface area contributed by atoms with Gasteiger partial charge in [0.05, 0.1) is 25.7 Å². The molecule has 0 aliphatic rings. The van der Waals surface area contributed by atoms with Gasteiger partial charge in [0.25, 0.3) is 0 Å². The Hall–Kier alpha value is -2.69. The lowest BCUT2D eigenvalue weighted by Crippen LogP contribution is -2.10. The van der Waals surface area contributed by atoms with Crippen molar-refractivity contribution in [3.8, 4) is 11.5 Å². The van der Waals surface area contributed by atoms with Gasteiger partial charge in [0, 0.05) is 12.1 Å². The van der Waals surface area contributed by atoms with Gasteiger partial charge in [-0.25, -0.2) is 0 Å². The summed E-state index contributed by atoms with van der Waals surface area (Å²) in [5, 5.41) is 2.80. The molecule has 2 aromatic rings. The van der Waals surface area contributed by atoms with Crippen LogP contribution < -0.4 is 14.8 Å². The number of hydrogen-bond donors (Lipinski definition) is 1. The van der Waals surface area contributed by atoms with Crippen LogP contribution in [0.2, 0.25) is 0 Å². The molecule has 122 valence electrons. The molecule has 2 rings (SSSR count). The number of carbonyl (C=O) groups is 1. The van der Waals surface area contributed by atoms with Crippen LogP contribution in [-0.2, 0) is 4.79 Å². The standard InChI is InChI=1S/C18H21NO4/c1-3-4-11-23-17-9-7-15(21-2)13-16(17)19-18(20)10-8-14-6-5-12-22-14/h5-10,12-13H,3-4,11H2,1-2H3,(H,19,20)/b10-8+. The lowest BCUT2D eigenvalue weighted by molar-refractivity contribution is -0.111. The lowest BCUT2D eigenvalue weighted by atomic mass is 10.2. The Kier molecular flexibility index (Phi) is 6.29. The summed E-state index contributed by atoms with van der Waals surface area (Å²) < 4.78 is 16.1. The molecule has 0 aliphatic carbocycles. The van der Waals surface area contributed by atoms with Gasteiger partial charge < -0.3 is 19.2 Å². The summed E-state index contributed by atoms with van der Waals surface area (Å²) in [6, 6.07) is 8.86. The minimum atomic E-state index is -0.269. The lowest BCUT2D eigenvalue weighted by Gasteiger charge is -2.13. The van der Waals surface area contributed by atoms with Gasteiger partial charge in [0.15, 0.2) is 0 Å². The SMILES string of the molecule is CCCCOc1ccc(OC)cc1NC(=O)/C=C/c1ccco1. The highest BCUT2D eigenvalue weighted by atomic mass is 16.5. The fraction of sp³-hybridized carbons (Fsp3) is 0.278. The third-order valence-electron chi connectivity index (χ3n) is 3.14. The molecule has 0 atom stereocenters. The number of amides is 1. The third-order valence-corrected chi connectivity index (χ3v) is 3.14.